The fraction of sp³-hybridized carbons (Fsp3) is 0.444. The zero-order valence-corrected chi connectivity index (χ0v) is 6.89. The van der Waals surface area contributed by atoms with Gasteiger partial charge in [0.25, 0.3) is 0 Å². The predicted molar refractivity (Wildman–Crippen MR) is 43.8 cm³/mol. The minimum atomic E-state index is -0.454. The molecule has 0 fully saturated rings. The van der Waals surface area contributed by atoms with E-state index in [9.17, 15) is 4.79 Å². The van der Waals surface area contributed by atoms with Crippen LogP contribution in [0.15, 0.2) is 12.2 Å². The van der Waals surface area contributed by atoms with Crippen LogP contribution < -0.4 is 0 Å². The van der Waals surface area contributed by atoms with E-state index in [0.717, 1.165) is 0 Å². The van der Waals surface area contributed by atoms with E-state index in [-0.39, 0.29) is 0 Å². The van der Waals surface area contributed by atoms with Gasteiger partial charge in [-0.1, -0.05) is 25.0 Å². The average Bonchev–Trinajstić information content (AvgIpc) is 2.01. The predicted octanol–water partition coefficient (Wildman–Crippen LogP) is 1.52. The Morgan fingerprint density at radius 3 is 2.91 bits per heavy atom. The Kier molecular flexibility index (Phi) is 6.11. The number of hydrogen-bond acceptors (Lipinski definition) is 2. The van der Waals surface area contributed by atoms with Crippen LogP contribution in [0.5, 0.6) is 0 Å². The Hall–Kier alpha value is -1.23. The number of ether oxygens (including phenoxy) is 1. The largest absolute Gasteiger partial charge is 0.452 e. The zero-order chi connectivity index (χ0) is 8.53. The molecule has 0 aliphatic carbocycles. The third-order valence-corrected chi connectivity index (χ3v) is 0.914. The zero-order valence-electron chi connectivity index (χ0n) is 6.89. The van der Waals surface area contributed by atoms with E-state index in [0.29, 0.717) is 13.0 Å². The van der Waals surface area contributed by atoms with Crippen LogP contribution in [0.4, 0.5) is 0 Å². The van der Waals surface area contributed by atoms with E-state index in [4.69, 9.17) is 0 Å². The van der Waals surface area contributed by atoms with Crippen molar-refractivity contribution in [2.75, 3.05) is 6.61 Å². The summed E-state index contributed by atoms with van der Waals surface area (Å²) in [5, 5.41) is 0. The molecule has 2 heteroatoms. The van der Waals surface area contributed by atoms with Gasteiger partial charge in [-0.15, -0.1) is 0 Å². The molecule has 0 saturated heterocycles. The van der Waals surface area contributed by atoms with Crippen LogP contribution in [0.3, 0.4) is 0 Å². The van der Waals surface area contributed by atoms with Crippen LogP contribution in [0.25, 0.3) is 0 Å². The topological polar surface area (TPSA) is 26.3 Å². The molecule has 0 aliphatic rings. The Bertz CT molecular complexity index is 193. The minimum absolute atomic E-state index is 0.313. The van der Waals surface area contributed by atoms with Gasteiger partial charge in [0.05, 0.1) is 0 Å². The van der Waals surface area contributed by atoms with E-state index in [1.165, 1.54) is 0 Å². The highest BCUT2D eigenvalue weighted by atomic mass is 16.5. The monoisotopic (exact) mass is 152 g/mol. The molecule has 0 spiro atoms. The average molecular weight is 152 g/mol. The van der Waals surface area contributed by atoms with Crippen molar-refractivity contribution in [3.63, 3.8) is 0 Å². The molecule has 0 bridgehead atoms. The molecule has 0 amide bonds. The van der Waals surface area contributed by atoms with Crippen LogP contribution in [0, 0.1) is 11.8 Å². The Morgan fingerprint density at radius 1 is 1.64 bits per heavy atom. The minimum Gasteiger partial charge on any atom is -0.452 e. The van der Waals surface area contributed by atoms with Crippen molar-refractivity contribution in [2.45, 2.75) is 20.3 Å². The summed E-state index contributed by atoms with van der Waals surface area (Å²) in [7, 11) is 0. The van der Waals surface area contributed by atoms with Gasteiger partial charge >= 0.3 is 5.97 Å². The lowest BCUT2D eigenvalue weighted by Crippen LogP contribution is -2.00. The van der Waals surface area contributed by atoms with Crippen molar-refractivity contribution in [2.24, 2.45) is 0 Å². The van der Waals surface area contributed by atoms with Crippen molar-refractivity contribution in [1.29, 1.82) is 0 Å². The number of rotatable bonds is 2. The quantitative estimate of drug-likeness (QED) is 0.259. The van der Waals surface area contributed by atoms with Crippen LogP contribution in [0.1, 0.15) is 20.3 Å². The molecule has 2 nitrogen and oxygen atoms in total. The van der Waals surface area contributed by atoms with Gasteiger partial charge in [-0.2, -0.15) is 0 Å². The molecule has 0 unspecified atom stereocenters. The van der Waals surface area contributed by atoms with Crippen molar-refractivity contribution in [3.8, 4) is 11.8 Å². The fourth-order valence-corrected chi connectivity index (χ4v) is 0.417. The fourth-order valence-electron chi connectivity index (χ4n) is 0.417. The van der Waals surface area contributed by atoms with E-state index in [1.54, 1.807) is 6.08 Å². The summed E-state index contributed by atoms with van der Waals surface area (Å²) in [6.07, 6.45) is 4.25. The van der Waals surface area contributed by atoms with Gasteiger partial charge in [0.2, 0.25) is 0 Å². The smallest absolute Gasteiger partial charge is 0.384 e. The second-order valence-corrected chi connectivity index (χ2v) is 1.82. The molecule has 0 aliphatic heterocycles. The highest BCUT2D eigenvalue weighted by Crippen LogP contribution is 1.79. The molecule has 0 radical (unpaired) electrons. The van der Waals surface area contributed by atoms with Crippen LogP contribution >= 0.6 is 0 Å². The summed E-state index contributed by atoms with van der Waals surface area (Å²) in [5.74, 6) is 4.52. The number of allylic oxidation sites excluding steroid dienone is 1. The summed E-state index contributed by atoms with van der Waals surface area (Å²) >= 11 is 0. The molecule has 11 heavy (non-hydrogen) atoms. The first-order valence-corrected chi connectivity index (χ1v) is 3.58. The highest BCUT2D eigenvalue weighted by molar-refractivity contribution is 5.88. The van der Waals surface area contributed by atoms with Gasteiger partial charge < -0.3 is 4.74 Å². The number of carbonyl (C=O) groups is 1. The highest BCUT2D eigenvalue weighted by Gasteiger charge is 1.91. The van der Waals surface area contributed by atoms with Crippen molar-refractivity contribution < 1.29 is 9.53 Å². The van der Waals surface area contributed by atoms with E-state index in [2.05, 4.69) is 16.6 Å². The molecule has 0 aromatic rings. The van der Waals surface area contributed by atoms with Gasteiger partial charge in [-0.25, -0.2) is 4.79 Å². The molecule has 0 aromatic carbocycles. The lowest BCUT2D eigenvalue weighted by molar-refractivity contribution is -0.135. The van der Waals surface area contributed by atoms with Gasteiger partial charge in [0.1, 0.15) is 6.61 Å². The number of esters is 1. The molecule has 0 heterocycles. The second kappa shape index (κ2) is 6.88. The van der Waals surface area contributed by atoms with Crippen molar-refractivity contribution in [1.82, 2.24) is 0 Å². The van der Waals surface area contributed by atoms with Gasteiger partial charge in [0.15, 0.2) is 0 Å². The molecule has 0 aromatic heterocycles. The normalized spacial score (nSPS) is 8.91. The summed E-state index contributed by atoms with van der Waals surface area (Å²) in [4.78, 5) is 10.6. The first kappa shape index (κ1) is 9.77. The Labute approximate surface area is 67.2 Å². The first-order chi connectivity index (χ1) is 5.31. The van der Waals surface area contributed by atoms with Crippen LogP contribution in [-0.4, -0.2) is 12.6 Å². The first-order valence-electron chi connectivity index (χ1n) is 3.58. The van der Waals surface area contributed by atoms with E-state index < -0.39 is 5.97 Å². The van der Waals surface area contributed by atoms with Gasteiger partial charge in [-0.3, -0.25) is 0 Å². The lowest BCUT2D eigenvalue weighted by atomic mass is 10.5. The lowest BCUT2D eigenvalue weighted by Gasteiger charge is -1.91. The Morgan fingerprint density at radius 2 is 2.36 bits per heavy atom. The van der Waals surface area contributed by atoms with Gasteiger partial charge in [-0.05, 0) is 6.92 Å². The molecular formula is C9H12O2. The molecule has 0 saturated carbocycles. The molecule has 0 rings (SSSR count). The molecule has 60 valence electrons. The second-order valence-electron chi connectivity index (χ2n) is 1.82. The van der Waals surface area contributed by atoms with E-state index >= 15 is 0 Å². The molecular weight excluding hydrogens is 140 g/mol. The van der Waals surface area contributed by atoms with Crippen molar-refractivity contribution >= 4 is 5.97 Å². The summed E-state index contributed by atoms with van der Waals surface area (Å²) in [6.45, 7) is 4.06. The Balaban J connectivity index is 3.53. The van der Waals surface area contributed by atoms with Crippen LogP contribution in [0.2, 0.25) is 0 Å². The maximum absolute atomic E-state index is 10.6. The van der Waals surface area contributed by atoms with Crippen LogP contribution in [-0.2, 0) is 9.53 Å². The third-order valence-electron chi connectivity index (χ3n) is 0.914. The maximum atomic E-state index is 10.6. The summed E-state index contributed by atoms with van der Waals surface area (Å²) in [6, 6.07) is 0. The molecule has 0 atom stereocenters. The number of hydrogen-bond donors (Lipinski definition) is 0. The maximum Gasteiger partial charge on any atom is 0.384 e. The van der Waals surface area contributed by atoms with Gasteiger partial charge in [0, 0.05) is 12.3 Å². The third kappa shape index (κ3) is 6.66. The standard InChI is InChI=1S/C9H12O2/c1-3-5-7-9(10)11-8-6-4-2/h4,6H,3,8H2,1-2H3. The van der Waals surface area contributed by atoms with Crippen molar-refractivity contribution in [3.05, 3.63) is 12.2 Å². The summed E-state index contributed by atoms with van der Waals surface area (Å²) < 4.78 is 4.69. The van der Waals surface area contributed by atoms with E-state index in [1.807, 2.05) is 19.9 Å². The summed E-state index contributed by atoms with van der Waals surface area (Å²) in [5.41, 5.74) is 0. The number of carbonyl (C=O) groups excluding carboxylic acids is 1. The molecule has 0 N–H and O–H groups in total. The SMILES string of the molecule is CC=CCOC(=O)C#CCC.